The van der Waals surface area contributed by atoms with Crippen LogP contribution in [0.5, 0.6) is 0 Å². The Bertz CT molecular complexity index is 612. The minimum Gasteiger partial charge on any atom is -0.354 e. The number of nitrogens with zero attached hydrogens (tertiary/aromatic N) is 1. The van der Waals surface area contributed by atoms with Crippen molar-refractivity contribution in [2.24, 2.45) is 16.8 Å². The molecule has 1 fully saturated rings. The molecule has 1 aliphatic rings. The molecule has 152 valence electrons. The van der Waals surface area contributed by atoms with Crippen molar-refractivity contribution in [3.8, 4) is 0 Å². The van der Waals surface area contributed by atoms with Gasteiger partial charge in [0.1, 0.15) is 0 Å². The molecule has 0 radical (unpaired) electrons. The second-order valence-electron chi connectivity index (χ2n) is 7.63. The van der Waals surface area contributed by atoms with Crippen molar-refractivity contribution in [3.63, 3.8) is 0 Å². The summed E-state index contributed by atoms with van der Waals surface area (Å²) in [4.78, 5) is 16.7. The quantitative estimate of drug-likeness (QED) is 0.315. The van der Waals surface area contributed by atoms with E-state index >= 15 is 0 Å². The third-order valence-corrected chi connectivity index (χ3v) is 5.22. The molecule has 0 spiro atoms. The number of hydrogen-bond acceptors (Lipinski definition) is 2. The van der Waals surface area contributed by atoms with Gasteiger partial charge in [0.15, 0.2) is 5.96 Å². The third kappa shape index (κ3) is 8.07. The highest BCUT2D eigenvalue weighted by molar-refractivity contribution is 14.0. The largest absolute Gasteiger partial charge is 0.354 e. The number of hydrogen-bond donors (Lipinski definition) is 3. The molecule has 0 saturated heterocycles. The molecular weight excluding hydrogens is 451 g/mol. The van der Waals surface area contributed by atoms with E-state index in [1.165, 1.54) is 19.3 Å². The number of halogens is 1. The van der Waals surface area contributed by atoms with Crippen molar-refractivity contribution >= 4 is 41.5 Å². The highest BCUT2D eigenvalue weighted by Gasteiger charge is 2.21. The normalized spacial score (nSPS) is 16.4. The lowest BCUT2D eigenvalue weighted by atomic mass is 9.88. The molecule has 1 saturated carbocycles. The standard InChI is InChI=1S/C21H34N4O.HI/c1-15(2)16(3)24-21(22-4)23-14-17-9-8-12-19(13-17)25-20(26)18-10-6-5-7-11-18;/h8-9,12-13,15-16,18H,5-7,10-11,14H2,1-4H3,(H,25,26)(H2,22,23,24);1H. The predicted molar refractivity (Wildman–Crippen MR) is 125 cm³/mol. The van der Waals surface area contributed by atoms with Gasteiger partial charge in [0.2, 0.25) is 5.91 Å². The van der Waals surface area contributed by atoms with Gasteiger partial charge < -0.3 is 16.0 Å². The Labute approximate surface area is 181 Å². The molecule has 27 heavy (non-hydrogen) atoms. The number of guanidine groups is 1. The molecule has 1 aromatic rings. The van der Waals surface area contributed by atoms with E-state index in [1.807, 2.05) is 18.2 Å². The van der Waals surface area contributed by atoms with E-state index in [2.05, 4.69) is 47.8 Å². The summed E-state index contributed by atoms with van der Waals surface area (Å²) in [6, 6.07) is 8.38. The van der Waals surface area contributed by atoms with E-state index in [4.69, 9.17) is 0 Å². The van der Waals surface area contributed by atoms with Gasteiger partial charge >= 0.3 is 0 Å². The maximum Gasteiger partial charge on any atom is 0.227 e. The van der Waals surface area contributed by atoms with Crippen LogP contribution in [0.15, 0.2) is 29.3 Å². The minimum atomic E-state index is 0. The molecule has 0 aliphatic heterocycles. The number of carbonyl (C=O) groups is 1. The van der Waals surface area contributed by atoms with Crippen LogP contribution in [0.3, 0.4) is 0 Å². The summed E-state index contributed by atoms with van der Waals surface area (Å²) in [6.07, 6.45) is 5.63. The van der Waals surface area contributed by atoms with Crippen LogP contribution in [0.4, 0.5) is 5.69 Å². The molecule has 1 amide bonds. The van der Waals surface area contributed by atoms with E-state index in [-0.39, 0.29) is 35.8 Å². The summed E-state index contributed by atoms with van der Waals surface area (Å²) in [6.45, 7) is 7.18. The van der Waals surface area contributed by atoms with Crippen LogP contribution in [0.1, 0.15) is 58.4 Å². The number of aliphatic imine (C=N–C) groups is 1. The fourth-order valence-corrected chi connectivity index (χ4v) is 3.13. The Hall–Kier alpha value is -1.31. The van der Waals surface area contributed by atoms with E-state index in [9.17, 15) is 4.79 Å². The maximum absolute atomic E-state index is 12.4. The van der Waals surface area contributed by atoms with Crippen molar-refractivity contribution in [1.82, 2.24) is 10.6 Å². The zero-order chi connectivity index (χ0) is 18.9. The minimum absolute atomic E-state index is 0. The van der Waals surface area contributed by atoms with Gasteiger partial charge in [-0.25, -0.2) is 0 Å². The molecule has 1 atom stereocenters. The Morgan fingerprint density at radius 2 is 1.89 bits per heavy atom. The lowest BCUT2D eigenvalue weighted by Gasteiger charge is -2.21. The van der Waals surface area contributed by atoms with E-state index < -0.39 is 0 Å². The predicted octanol–water partition coefficient (Wildman–Crippen LogP) is 4.53. The first-order chi connectivity index (χ1) is 12.5. The van der Waals surface area contributed by atoms with Crippen LogP contribution in [-0.2, 0) is 11.3 Å². The molecule has 5 nitrogen and oxygen atoms in total. The van der Waals surface area contributed by atoms with Crippen LogP contribution in [0.2, 0.25) is 0 Å². The lowest BCUT2D eigenvalue weighted by molar-refractivity contribution is -0.120. The fraction of sp³-hybridized carbons (Fsp3) is 0.619. The van der Waals surface area contributed by atoms with Crippen molar-refractivity contribution in [3.05, 3.63) is 29.8 Å². The zero-order valence-corrected chi connectivity index (χ0v) is 19.4. The summed E-state index contributed by atoms with van der Waals surface area (Å²) < 4.78 is 0. The van der Waals surface area contributed by atoms with Gasteiger partial charge in [-0.2, -0.15) is 0 Å². The van der Waals surface area contributed by atoms with E-state index in [0.717, 1.165) is 30.1 Å². The summed E-state index contributed by atoms with van der Waals surface area (Å²) in [5, 5.41) is 9.83. The van der Waals surface area contributed by atoms with Crippen LogP contribution >= 0.6 is 24.0 Å². The smallest absolute Gasteiger partial charge is 0.227 e. The molecule has 3 N–H and O–H groups in total. The first kappa shape index (κ1) is 23.7. The number of benzene rings is 1. The van der Waals surface area contributed by atoms with Gasteiger partial charge in [0.25, 0.3) is 0 Å². The van der Waals surface area contributed by atoms with E-state index in [0.29, 0.717) is 18.5 Å². The van der Waals surface area contributed by atoms with Crippen LogP contribution in [0.25, 0.3) is 0 Å². The highest BCUT2D eigenvalue weighted by Crippen LogP contribution is 2.25. The van der Waals surface area contributed by atoms with Crippen LogP contribution < -0.4 is 16.0 Å². The molecule has 2 rings (SSSR count). The Kier molecular flexibility index (Phi) is 10.7. The van der Waals surface area contributed by atoms with Gasteiger partial charge in [-0.05, 0) is 43.4 Å². The number of rotatable bonds is 6. The van der Waals surface area contributed by atoms with Gasteiger partial charge in [-0.1, -0.05) is 45.2 Å². The van der Waals surface area contributed by atoms with Crippen molar-refractivity contribution in [2.45, 2.75) is 65.5 Å². The lowest BCUT2D eigenvalue weighted by Crippen LogP contribution is -2.43. The molecule has 6 heteroatoms. The first-order valence-corrected chi connectivity index (χ1v) is 9.86. The van der Waals surface area contributed by atoms with Gasteiger partial charge in [-0.3, -0.25) is 9.79 Å². The van der Waals surface area contributed by atoms with Gasteiger partial charge in [0, 0.05) is 31.2 Å². The number of anilines is 1. The molecule has 1 unspecified atom stereocenters. The third-order valence-electron chi connectivity index (χ3n) is 5.22. The molecule has 0 heterocycles. The molecule has 0 bridgehead atoms. The van der Waals surface area contributed by atoms with Gasteiger partial charge in [0.05, 0.1) is 0 Å². The second-order valence-corrected chi connectivity index (χ2v) is 7.63. The van der Waals surface area contributed by atoms with Crippen molar-refractivity contribution in [1.29, 1.82) is 0 Å². The second kappa shape index (κ2) is 12.2. The first-order valence-electron chi connectivity index (χ1n) is 9.86. The summed E-state index contributed by atoms with van der Waals surface area (Å²) in [5.41, 5.74) is 1.99. The average Bonchev–Trinajstić information content (AvgIpc) is 2.65. The monoisotopic (exact) mass is 486 g/mol. The average molecular weight is 486 g/mol. The van der Waals surface area contributed by atoms with Crippen molar-refractivity contribution < 1.29 is 4.79 Å². The van der Waals surface area contributed by atoms with Gasteiger partial charge in [-0.15, -0.1) is 24.0 Å². The number of carbonyl (C=O) groups excluding carboxylic acids is 1. The summed E-state index contributed by atoms with van der Waals surface area (Å²) >= 11 is 0. The highest BCUT2D eigenvalue weighted by atomic mass is 127. The molecule has 1 aromatic carbocycles. The Morgan fingerprint density at radius 1 is 1.19 bits per heavy atom. The Balaban J connectivity index is 0.00000364. The van der Waals surface area contributed by atoms with E-state index in [1.54, 1.807) is 7.05 Å². The molecule has 0 aromatic heterocycles. The molecular formula is C21H35IN4O. The topological polar surface area (TPSA) is 65.5 Å². The summed E-state index contributed by atoms with van der Waals surface area (Å²) in [5.74, 6) is 1.67. The SMILES string of the molecule is CN=C(NCc1cccc(NC(=O)C2CCCCC2)c1)NC(C)C(C)C.I. The zero-order valence-electron chi connectivity index (χ0n) is 17.0. The van der Waals surface area contributed by atoms with Crippen LogP contribution in [0, 0.1) is 11.8 Å². The Morgan fingerprint density at radius 3 is 2.52 bits per heavy atom. The maximum atomic E-state index is 12.4. The van der Waals surface area contributed by atoms with Crippen molar-refractivity contribution in [2.75, 3.05) is 12.4 Å². The summed E-state index contributed by atoms with van der Waals surface area (Å²) in [7, 11) is 1.78. The number of nitrogens with one attached hydrogen (secondary N) is 3. The molecule has 1 aliphatic carbocycles. The fourth-order valence-electron chi connectivity index (χ4n) is 3.13. The number of amides is 1. The van der Waals surface area contributed by atoms with Crippen LogP contribution in [-0.4, -0.2) is 25.0 Å².